The maximum atomic E-state index is 10.9. The maximum absolute atomic E-state index is 10.9. The van der Waals surface area contributed by atoms with Crippen molar-refractivity contribution in [3.8, 4) is 5.75 Å². The molecule has 0 unspecified atom stereocenters. The summed E-state index contributed by atoms with van der Waals surface area (Å²) in [6, 6.07) is 18.5. The van der Waals surface area contributed by atoms with Crippen molar-refractivity contribution in [3.63, 3.8) is 0 Å². The van der Waals surface area contributed by atoms with Crippen molar-refractivity contribution in [1.29, 1.82) is 0 Å². The van der Waals surface area contributed by atoms with Crippen molar-refractivity contribution in [1.82, 2.24) is 9.88 Å². The van der Waals surface area contributed by atoms with Crippen LogP contribution in [0.1, 0.15) is 30.0 Å². The average molecular weight is 304 g/mol. The third kappa shape index (κ3) is 2.57. The third-order valence-corrected chi connectivity index (χ3v) is 4.69. The van der Waals surface area contributed by atoms with E-state index in [0.29, 0.717) is 11.3 Å². The maximum Gasteiger partial charge on any atom is 0.146 e. The summed E-state index contributed by atoms with van der Waals surface area (Å²) in [7, 11) is 0. The molecule has 1 fully saturated rings. The third-order valence-electron chi connectivity index (χ3n) is 4.69. The van der Waals surface area contributed by atoms with E-state index >= 15 is 0 Å². The van der Waals surface area contributed by atoms with Gasteiger partial charge in [0.1, 0.15) is 11.3 Å². The molecule has 1 saturated heterocycles. The molecular formula is C20H20N2O. The van der Waals surface area contributed by atoms with Crippen LogP contribution >= 0.6 is 0 Å². The number of fused-ring (bicyclic) bond motifs is 1. The monoisotopic (exact) mass is 304 g/mol. The summed E-state index contributed by atoms with van der Waals surface area (Å²) >= 11 is 0. The first kappa shape index (κ1) is 14.2. The fourth-order valence-corrected chi connectivity index (χ4v) is 3.59. The van der Waals surface area contributed by atoms with Crippen LogP contribution in [-0.2, 0) is 0 Å². The van der Waals surface area contributed by atoms with Crippen molar-refractivity contribution >= 4 is 10.9 Å². The molecule has 1 atom stereocenters. The molecule has 0 bridgehead atoms. The molecule has 3 aromatic rings. The van der Waals surface area contributed by atoms with Crippen LogP contribution in [0.3, 0.4) is 0 Å². The van der Waals surface area contributed by atoms with Crippen LogP contribution in [-0.4, -0.2) is 28.1 Å². The Morgan fingerprint density at radius 1 is 0.913 bits per heavy atom. The molecule has 0 saturated carbocycles. The number of hydrogen-bond acceptors (Lipinski definition) is 3. The summed E-state index contributed by atoms with van der Waals surface area (Å²) in [4.78, 5) is 6.83. The van der Waals surface area contributed by atoms with Gasteiger partial charge in [-0.1, -0.05) is 48.5 Å². The number of pyridine rings is 1. The summed E-state index contributed by atoms with van der Waals surface area (Å²) < 4.78 is 0. The summed E-state index contributed by atoms with van der Waals surface area (Å²) in [6.45, 7) is 2.14. The lowest BCUT2D eigenvalue weighted by Crippen LogP contribution is -2.26. The topological polar surface area (TPSA) is 36.4 Å². The van der Waals surface area contributed by atoms with Crippen molar-refractivity contribution < 1.29 is 5.11 Å². The summed E-state index contributed by atoms with van der Waals surface area (Å²) in [5.74, 6) is 0.309. The minimum atomic E-state index is 0.0881. The number of aromatic nitrogens is 1. The number of phenolic OH excluding ortho intramolecular Hbond substituents is 1. The predicted octanol–water partition coefficient (Wildman–Crippen LogP) is 4.13. The fraction of sp³-hybridized carbons (Fsp3) is 0.250. The van der Waals surface area contributed by atoms with E-state index in [2.05, 4.69) is 46.3 Å². The summed E-state index contributed by atoms with van der Waals surface area (Å²) in [5.41, 5.74) is 2.86. The zero-order chi connectivity index (χ0) is 15.6. The molecule has 0 amide bonds. The highest BCUT2D eigenvalue weighted by Crippen LogP contribution is 2.38. The van der Waals surface area contributed by atoms with Crippen molar-refractivity contribution in [2.45, 2.75) is 18.9 Å². The van der Waals surface area contributed by atoms with Crippen LogP contribution in [0, 0.1) is 0 Å². The lowest BCUT2D eigenvalue weighted by Gasteiger charge is -2.29. The highest BCUT2D eigenvalue weighted by molar-refractivity contribution is 5.85. The fourth-order valence-electron chi connectivity index (χ4n) is 3.59. The van der Waals surface area contributed by atoms with Crippen LogP contribution in [0.5, 0.6) is 5.75 Å². The molecule has 2 heterocycles. The van der Waals surface area contributed by atoms with E-state index in [1.54, 1.807) is 6.20 Å². The first-order valence-electron chi connectivity index (χ1n) is 8.20. The van der Waals surface area contributed by atoms with E-state index in [1.807, 2.05) is 18.2 Å². The van der Waals surface area contributed by atoms with Crippen molar-refractivity contribution in [2.24, 2.45) is 0 Å². The quantitative estimate of drug-likeness (QED) is 0.790. The van der Waals surface area contributed by atoms with Crippen LogP contribution in [0.25, 0.3) is 10.9 Å². The smallest absolute Gasteiger partial charge is 0.146 e. The number of phenols is 1. The number of rotatable bonds is 3. The highest BCUT2D eigenvalue weighted by atomic mass is 16.3. The molecule has 3 nitrogen and oxygen atoms in total. The van der Waals surface area contributed by atoms with Crippen molar-refractivity contribution in [2.75, 3.05) is 13.1 Å². The Kier molecular flexibility index (Phi) is 3.72. The molecule has 116 valence electrons. The molecule has 1 aliphatic heterocycles. The van der Waals surface area contributed by atoms with Gasteiger partial charge in [-0.05, 0) is 37.6 Å². The van der Waals surface area contributed by atoms with Gasteiger partial charge >= 0.3 is 0 Å². The van der Waals surface area contributed by atoms with E-state index in [1.165, 1.54) is 18.4 Å². The number of hydrogen-bond donors (Lipinski definition) is 1. The van der Waals surface area contributed by atoms with Gasteiger partial charge in [-0.2, -0.15) is 0 Å². The molecule has 0 aliphatic carbocycles. The number of likely N-dealkylation sites (tertiary alicyclic amines) is 1. The van der Waals surface area contributed by atoms with E-state index in [0.717, 1.165) is 24.0 Å². The molecule has 1 aliphatic rings. The van der Waals surface area contributed by atoms with Gasteiger partial charge in [0.05, 0.1) is 6.04 Å². The highest BCUT2D eigenvalue weighted by Gasteiger charge is 2.27. The van der Waals surface area contributed by atoms with Crippen LogP contribution in [0.15, 0.2) is 60.8 Å². The first-order chi connectivity index (χ1) is 11.3. The Morgan fingerprint density at radius 2 is 1.70 bits per heavy atom. The minimum Gasteiger partial charge on any atom is -0.505 e. The predicted molar refractivity (Wildman–Crippen MR) is 92.5 cm³/mol. The molecule has 23 heavy (non-hydrogen) atoms. The van der Waals surface area contributed by atoms with Crippen molar-refractivity contribution in [3.05, 3.63) is 71.9 Å². The van der Waals surface area contributed by atoms with Gasteiger partial charge in [0.15, 0.2) is 0 Å². The van der Waals surface area contributed by atoms with Crippen LogP contribution in [0.4, 0.5) is 0 Å². The van der Waals surface area contributed by atoms with Crippen LogP contribution in [0.2, 0.25) is 0 Å². The molecule has 0 radical (unpaired) electrons. The van der Waals surface area contributed by atoms with Gasteiger partial charge in [0.2, 0.25) is 0 Å². The normalized spacial score (nSPS) is 16.7. The standard InChI is InChI=1S/C20H20N2O/c23-20-17(11-10-15-9-6-12-21-18(15)20)19(22-13-4-5-14-22)16-7-2-1-3-8-16/h1-3,6-12,19,23H,4-5,13-14H2/t19-/m0/s1. The SMILES string of the molecule is Oc1c([C@H](c2ccccc2)N2CCCC2)ccc2cccnc12. The van der Waals surface area contributed by atoms with Gasteiger partial charge < -0.3 is 5.11 Å². The van der Waals surface area contributed by atoms with E-state index in [-0.39, 0.29) is 6.04 Å². The van der Waals surface area contributed by atoms with E-state index in [4.69, 9.17) is 0 Å². The van der Waals surface area contributed by atoms with Gasteiger partial charge in [-0.25, -0.2) is 0 Å². The van der Waals surface area contributed by atoms with Gasteiger partial charge in [-0.15, -0.1) is 0 Å². The Morgan fingerprint density at radius 3 is 2.48 bits per heavy atom. The van der Waals surface area contributed by atoms with Gasteiger partial charge in [0.25, 0.3) is 0 Å². The van der Waals surface area contributed by atoms with Crippen LogP contribution < -0.4 is 0 Å². The largest absolute Gasteiger partial charge is 0.505 e. The Bertz CT molecular complexity index is 810. The van der Waals surface area contributed by atoms with E-state index < -0.39 is 0 Å². The lowest BCUT2D eigenvalue weighted by atomic mass is 9.95. The summed E-state index contributed by atoms with van der Waals surface area (Å²) in [6.07, 6.45) is 4.17. The molecule has 2 aromatic carbocycles. The number of aromatic hydroxyl groups is 1. The minimum absolute atomic E-state index is 0.0881. The zero-order valence-electron chi connectivity index (χ0n) is 13.0. The zero-order valence-corrected chi connectivity index (χ0v) is 13.0. The Labute approximate surface area is 136 Å². The number of nitrogens with zero attached hydrogens (tertiary/aromatic N) is 2. The molecule has 1 aromatic heterocycles. The Hall–Kier alpha value is -2.39. The first-order valence-corrected chi connectivity index (χ1v) is 8.20. The second kappa shape index (κ2) is 6.01. The Balaban J connectivity index is 1.88. The second-order valence-corrected chi connectivity index (χ2v) is 6.13. The average Bonchev–Trinajstić information content (AvgIpc) is 3.13. The second-order valence-electron chi connectivity index (χ2n) is 6.13. The number of benzene rings is 2. The van der Waals surface area contributed by atoms with E-state index in [9.17, 15) is 5.11 Å². The molecule has 4 rings (SSSR count). The molecule has 3 heteroatoms. The molecule has 1 N–H and O–H groups in total. The van der Waals surface area contributed by atoms with Gasteiger partial charge in [0, 0.05) is 17.1 Å². The summed E-state index contributed by atoms with van der Waals surface area (Å²) in [5, 5.41) is 11.8. The molecule has 0 spiro atoms. The molecular weight excluding hydrogens is 284 g/mol. The van der Waals surface area contributed by atoms with Gasteiger partial charge in [-0.3, -0.25) is 9.88 Å². The lowest BCUT2D eigenvalue weighted by molar-refractivity contribution is 0.275.